The Morgan fingerprint density at radius 3 is 2.15 bits per heavy atom. The Balaban J connectivity index is 3.27. The molecular formula is C11H16BCl. The van der Waals surface area contributed by atoms with Crippen LogP contribution in [0.15, 0.2) is 5.96 Å². The summed E-state index contributed by atoms with van der Waals surface area (Å²) >= 11 is 6.14. The van der Waals surface area contributed by atoms with Crippen LogP contribution in [-0.4, -0.2) is 6.91 Å². The second-order valence-corrected chi connectivity index (χ2v) is 3.63. The second-order valence-electron chi connectivity index (χ2n) is 3.22. The molecule has 0 spiro atoms. The Morgan fingerprint density at radius 2 is 1.69 bits per heavy atom. The molecule has 0 bridgehead atoms. The predicted molar refractivity (Wildman–Crippen MR) is 60.9 cm³/mol. The second kappa shape index (κ2) is 4.81. The van der Waals surface area contributed by atoms with Gasteiger partial charge in [0.1, 0.15) is 0 Å². The summed E-state index contributed by atoms with van der Waals surface area (Å²) in [5, 5.41) is 0. The van der Waals surface area contributed by atoms with Gasteiger partial charge in [0.25, 0.3) is 0 Å². The first-order valence-electron chi connectivity index (χ1n) is 5.03. The van der Waals surface area contributed by atoms with Crippen LogP contribution in [0.5, 0.6) is 0 Å². The minimum atomic E-state index is 0.927. The maximum atomic E-state index is 6.14. The molecule has 1 aromatic heterocycles. The van der Waals surface area contributed by atoms with Crippen molar-refractivity contribution in [3.8, 4) is 0 Å². The van der Waals surface area contributed by atoms with Gasteiger partial charge in [0, 0.05) is 0 Å². The summed E-state index contributed by atoms with van der Waals surface area (Å²) < 4.78 is 0. The minimum absolute atomic E-state index is 0.927. The molecule has 0 nitrogen and oxygen atoms in total. The molecule has 0 fully saturated rings. The van der Waals surface area contributed by atoms with E-state index in [1.807, 2.05) is 6.91 Å². The van der Waals surface area contributed by atoms with E-state index in [0.717, 1.165) is 24.2 Å². The van der Waals surface area contributed by atoms with Crippen LogP contribution in [0.3, 0.4) is 0 Å². The molecule has 0 N–H and O–H groups in total. The van der Waals surface area contributed by atoms with E-state index < -0.39 is 0 Å². The van der Waals surface area contributed by atoms with Gasteiger partial charge in [-0.1, -0.05) is 0 Å². The molecule has 0 unspecified atom stereocenters. The van der Waals surface area contributed by atoms with E-state index in [1.165, 1.54) is 16.7 Å². The van der Waals surface area contributed by atoms with Gasteiger partial charge in [-0.3, -0.25) is 0 Å². The van der Waals surface area contributed by atoms with Crippen LogP contribution in [0, 0.1) is 0 Å². The zero-order valence-electron chi connectivity index (χ0n) is 8.65. The number of hydrogen-bond acceptors (Lipinski definition) is 0. The molecule has 1 heterocycles. The fraction of sp³-hybridized carbons (Fsp3) is 0.545. The summed E-state index contributed by atoms with van der Waals surface area (Å²) in [6.07, 6.45) is 3.23. The zero-order valence-corrected chi connectivity index (χ0v) is 9.41. The zero-order chi connectivity index (χ0) is 9.84. The van der Waals surface area contributed by atoms with Crippen LogP contribution in [0.4, 0.5) is 0 Å². The Morgan fingerprint density at radius 1 is 1.08 bits per heavy atom. The molecular weight excluding hydrogens is 178 g/mol. The summed E-state index contributed by atoms with van der Waals surface area (Å²) in [6.45, 7) is 8.59. The van der Waals surface area contributed by atoms with Gasteiger partial charge < -0.3 is 0 Å². The van der Waals surface area contributed by atoms with Crippen molar-refractivity contribution < 1.29 is 0 Å². The average molecular weight is 195 g/mol. The standard InChI is InChI=1S/C11H16BCl/c1-4-8-7-12-11(13)10(6-3)9(8)5-2/h7H,4-6H2,1-3H3. The Hall–Kier alpha value is -0.295. The third-order valence-corrected chi connectivity index (χ3v) is 2.91. The van der Waals surface area contributed by atoms with Crippen LogP contribution in [-0.2, 0) is 19.3 Å². The van der Waals surface area contributed by atoms with Gasteiger partial charge in [-0.05, 0) is 0 Å². The first-order valence-corrected chi connectivity index (χ1v) is 5.41. The third-order valence-electron chi connectivity index (χ3n) is 2.56. The van der Waals surface area contributed by atoms with Crippen LogP contribution in [0.2, 0.25) is 4.92 Å². The van der Waals surface area contributed by atoms with Gasteiger partial charge in [-0.2, -0.15) is 0 Å². The number of aryl methyl sites for hydroxylation is 1. The van der Waals surface area contributed by atoms with Crippen molar-refractivity contribution >= 4 is 18.5 Å². The molecule has 0 atom stereocenters. The van der Waals surface area contributed by atoms with Crippen molar-refractivity contribution in [2.75, 3.05) is 0 Å². The van der Waals surface area contributed by atoms with Crippen molar-refractivity contribution in [2.24, 2.45) is 0 Å². The molecule has 70 valence electrons. The van der Waals surface area contributed by atoms with E-state index in [-0.39, 0.29) is 0 Å². The number of halogens is 1. The molecule has 13 heavy (non-hydrogen) atoms. The monoisotopic (exact) mass is 194 g/mol. The van der Waals surface area contributed by atoms with E-state index >= 15 is 0 Å². The Bertz CT molecular complexity index is 294. The molecule has 0 aliphatic heterocycles. The summed E-state index contributed by atoms with van der Waals surface area (Å²) in [5.74, 6) is 2.15. The van der Waals surface area contributed by atoms with E-state index in [2.05, 4.69) is 26.7 Å². The SMILES string of the molecule is CCc1cbc(Cl)c(CC)c1CC. The average Bonchev–Trinajstić information content (AvgIpc) is 2.17. The van der Waals surface area contributed by atoms with Crippen molar-refractivity contribution in [3.05, 3.63) is 27.6 Å². The van der Waals surface area contributed by atoms with Crippen LogP contribution >= 0.6 is 11.6 Å². The van der Waals surface area contributed by atoms with Crippen molar-refractivity contribution in [2.45, 2.75) is 40.0 Å². The van der Waals surface area contributed by atoms with E-state index in [1.54, 1.807) is 0 Å². The molecule has 2 heteroatoms. The van der Waals surface area contributed by atoms with E-state index in [4.69, 9.17) is 11.6 Å². The van der Waals surface area contributed by atoms with Gasteiger partial charge in [0.2, 0.25) is 0 Å². The number of rotatable bonds is 3. The van der Waals surface area contributed by atoms with E-state index in [0.29, 0.717) is 0 Å². The quantitative estimate of drug-likeness (QED) is 0.692. The number of hydrogen-bond donors (Lipinski definition) is 0. The predicted octanol–water partition coefficient (Wildman–Crippen LogP) is 3.37. The van der Waals surface area contributed by atoms with E-state index in [9.17, 15) is 0 Å². The topological polar surface area (TPSA) is 0 Å². The van der Waals surface area contributed by atoms with Crippen molar-refractivity contribution in [1.82, 2.24) is 0 Å². The van der Waals surface area contributed by atoms with Crippen molar-refractivity contribution in [1.29, 1.82) is 0 Å². The molecule has 1 rings (SSSR count). The van der Waals surface area contributed by atoms with Gasteiger partial charge >= 0.3 is 86.1 Å². The van der Waals surface area contributed by atoms with Gasteiger partial charge in [0.05, 0.1) is 0 Å². The van der Waals surface area contributed by atoms with Gasteiger partial charge in [0.15, 0.2) is 0 Å². The first-order chi connectivity index (χ1) is 6.24. The fourth-order valence-corrected chi connectivity index (χ4v) is 2.18. The normalized spacial score (nSPS) is 10.2. The molecule has 0 aliphatic carbocycles. The molecule has 0 radical (unpaired) electrons. The summed E-state index contributed by atoms with van der Waals surface area (Å²) in [5.41, 5.74) is 4.24. The summed E-state index contributed by atoms with van der Waals surface area (Å²) in [4.78, 5) is 0.927. The molecule has 0 aliphatic rings. The van der Waals surface area contributed by atoms with Gasteiger partial charge in [-0.25, -0.2) is 0 Å². The Kier molecular flexibility index (Phi) is 3.99. The molecule has 0 saturated carbocycles. The van der Waals surface area contributed by atoms with Crippen LogP contribution in [0.1, 0.15) is 37.5 Å². The molecule has 0 saturated heterocycles. The Labute approximate surface area is 86.5 Å². The van der Waals surface area contributed by atoms with Gasteiger partial charge in [-0.15, -0.1) is 0 Å². The third kappa shape index (κ3) is 2.14. The molecule has 1 aromatic rings. The molecule has 0 amide bonds. The maximum absolute atomic E-state index is 6.14. The van der Waals surface area contributed by atoms with Crippen LogP contribution < -0.4 is 0 Å². The van der Waals surface area contributed by atoms with Crippen LogP contribution in [0.25, 0.3) is 0 Å². The van der Waals surface area contributed by atoms with Crippen molar-refractivity contribution in [3.63, 3.8) is 0 Å². The first kappa shape index (κ1) is 10.8. The summed E-state index contributed by atoms with van der Waals surface area (Å²) in [7, 11) is 0. The summed E-state index contributed by atoms with van der Waals surface area (Å²) in [6, 6.07) is 0. The fourth-order valence-electron chi connectivity index (χ4n) is 1.87. The molecule has 0 aromatic carbocycles.